The number of piperidine rings is 1. The van der Waals surface area contributed by atoms with Gasteiger partial charge in [-0.2, -0.15) is 0 Å². The van der Waals surface area contributed by atoms with E-state index in [1.54, 1.807) is 12.1 Å². The molecule has 2 saturated heterocycles. The summed E-state index contributed by atoms with van der Waals surface area (Å²) in [6.07, 6.45) is 1.55. The number of carboxylic acids is 1. The summed E-state index contributed by atoms with van der Waals surface area (Å²) in [6, 6.07) is 9.46. The maximum Gasteiger partial charge on any atom is 0.573 e. The number of pyridine rings is 1. The lowest BCUT2D eigenvalue weighted by Gasteiger charge is -2.37. The zero-order chi connectivity index (χ0) is 29.7. The Morgan fingerprint density at radius 3 is 2.49 bits per heavy atom. The lowest BCUT2D eigenvalue weighted by atomic mass is 9.99. The number of ether oxygens (including phenoxy) is 2. The van der Waals surface area contributed by atoms with Gasteiger partial charge in [-0.15, -0.1) is 18.3 Å². The van der Waals surface area contributed by atoms with Crippen LogP contribution in [0.25, 0.3) is 22.7 Å². The van der Waals surface area contributed by atoms with Gasteiger partial charge in [0.25, 0.3) is 5.89 Å². The fraction of sp³-hybridized carbons (Fsp3) is 0.414. The first-order chi connectivity index (χ1) is 20.7. The van der Waals surface area contributed by atoms with Gasteiger partial charge in [0.1, 0.15) is 22.9 Å². The van der Waals surface area contributed by atoms with E-state index in [-0.39, 0.29) is 53.6 Å². The minimum absolute atomic E-state index is 0.0787. The van der Waals surface area contributed by atoms with Crippen molar-refractivity contribution >= 4 is 12.0 Å². The highest BCUT2D eigenvalue weighted by molar-refractivity contribution is 5.85. The van der Waals surface area contributed by atoms with Crippen molar-refractivity contribution in [2.75, 3.05) is 4.90 Å². The molecule has 1 N–H and O–H groups in total. The Kier molecular flexibility index (Phi) is 6.79. The number of carboxylic acid groups (broad SMARTS) is 1. The van der Waals surface area contributed by atoms with Crippen LogP contribution >= 0.6 is 0 Å². The summed E-state index contributed by atoms with van der Waals surface area (Å²) in [5.41, 5.74) is 1.59. The highest BCUT2D eigenvalue weighted by Gasteiger charge is 2.44. The molecule has 4 aromatic rings. The van der Waals surface area contributed by atoms with Crippen molar-refractivity contribution in [2.45, 2.75) is 75.6 Å². The van der Waals surface area contributed by atoms with E-state index < -0.39 is 12.3 Å². The first kappa shape index (κ1) is 27.4. The van der Waals surface area contributed by atoms with E-state index in [0.717, 1.165) is 25.7 Å². The molecule has 3 aliphatic rings. The molecule has 0 radical (unpaired) electrons. The van der Waals surface area contributed by atoms with Crippen molar-refractivity contribution in [3.05, 3.63) is 59.6 Å². The summed E-state index contributed by atoms with van der Waals surface area (Å²) in [4.78, 5) is 17.1. The van der Waals surface area contributed by atoms with Crippen LogP contribution in [0.5, 0.6) is 5.75 Å². The van der Waals surface area contributed by atoms with E-state index in [1.165, 1.54) is 30.5 Å². The van der Waals surface area contributed by atoms with E-state index >= 15 is 0 Å². The molecule has 1 aromatic carbocycles. The lowest BCUT2D eigenvalue weighted by molar-refractivity contribution is -0.274. The summed E-state index contributed by atoms with van der Waals surface area (Å²) < 4.78 is 61.6. The predicted molar refractivity (Wildman–Crippen MR) is 142 cm³/mol. The zero-order valence-electron chi connectivity index (χ0n) is 22.7. The molecule has 14 heteroatoms. The van der Waals surface area contributed by atoms with E-state index in [1.807, 2.05) is 0 Å². The molecular formula is C29H26F3N5O6. The quantitative estimate of drug-likeness (QED) is 0.244. The molecule has 43 heavy (non-hydrogen) atoms. The number of hydrogen-bond acceptors (Lipinski definition) is 10. The van der Waals surface area contributed by atoms with Crippen LogP contribution in [0.2, 0.25) is 0 Å². The number of hydrogen-bond donors (Lipinski definition) is 1. The van der Waals surface area contributed by atoms with Crippen molar-refractivity contribution in [3.63, 3.8) is 0 Å². The minimum atomic E-state index is -4.84. The monoisotopic (exact) mass is 597 g/mol. The number of fused-ring (bicyclic) bond motifs is 2. The Labute approximate surface area is 242 Å². The van der Waals surface area contributed by atoms with Crippen LogP contribution in [0, 0.1) is 0 Å². The Morgan fingerprint density at radius 1 is 1.05 bits per heavy atom. The normalized spacial score (nSPS) is 21.7. The number of rotatable bonds is 9. The van der Waals surface area contributed by atoms with E-state index in [9.17, 15) is 18.0 Å². The molecule has 3 fully saturated rings. The Balaban J connectivity index is 1.06. The third kappa shape index (κ3) is 5.54. The van der Waals surface area contributed by atoms with Crippen LogP contribution in [0.15, 0.2) is 51.5 Å². The SMILES string of the molecule is O=C(O)c1ccc(-c2nnc(N3[C@@H]4CC[C@H]3C[C@@H](OCc3c(-c5ccccc5OC(F)(F)F)noc3C3CC3)C4)o2)cn1. The second kappa shape index (κ2) is 10.7. The number of carbonyl (C=O) groups is 1. The number of para-hydroxylation sites is 1. The molecule has 224 valence electrons. The lowest BCUT2D eigenvalue weighted by Crippen LogP contribution is -2.45. The first-order valence-electron chi connectivity index (χ1n) is 14.0. The number of alkyl halides is 3. The third-order valence-corrected chi connectivity index (χ3v) is 8.15. The Morgan fingerprint density at radius 2 is 1.81 bits per heavy atom. The smallest absolute Gasteiger partial charge is 0.477 e. The molecule has 1 saturated carbocycles. The molecule has 3 atom stereocenters. The first-order valence-corrected chi connectivity index (χ1v) is 14.0. The average Bonchev–Trinajstić information content (AvgIpc) is 3.44. The zero-order valence-corrected chi connectivity index (χ0v) is 22.7. The summed E-state index contributed by atoms with van der Waals surface area (Å²) in [5, 5.41) is 21.6. The van der Waals surface area contributed by atoms with Crippen LogP contribution in [0.4, 0.5) is 19.2 Å². The van der Waals surface area contributed by atoms with Gasteiger partial charge in [0.15, 0.2) is 0 Å². The van der Waals surface area contributed by atoms with Crippen molar-refractivity contribution in [3.8, 4) is 28.5 Å². The van der Waals surface area contributed by atoms with E-state index in [4.69, 9.17) is 18.8 Å². The summed E-state index contributed by atoms with van der Waals surface area (Å²) >= 11 is 0. The molecule has 0 spiro atoms. The fourth-order valence-electron chi connectivity index (χ4n) is 6.08. The van der Waals surface area contributed by atoms with Crippen LogP contribution in [-0.2, 0) is 11.3 Å². The van der Waals surface area contributed by atoms with Gasteiger partial charge >= 0.3 is 18.3 Å². The number of aromatic nitrogens is 4. The molecule has 5 heterocycles. The third-order valence-electron chi connectivity index (χ3n) is 8.15. The van der Waals surface area contributed by atoms with Gasteiger partial charge < -0.3 is 28.4 Å². The molecular weight excluding hydrogens is 571 g/mol. The molecule has 2 aliphatic heterocycles. The Bertz CT molecular complexity index is 1620. The standard InChI is InChI=1S/C29H26F3N5O6/c30-29(31,32)42-23-4-2-1-3-20(23)24-21(25(43-36-24)15-5-6-15)14-40-19-11-17-8-9-18(12-19)37(17)28-35-34-26(41-28)16-7-10-22(27(38)39)33-13-16/h1-4,7,10,13,15,17-19H,5-6,8-9,11-12,14H2,(H,38,39)/t17-,18+,19+. The van der Waals surface area contributed by atoms with Gasteiger partial charge in [0.05, 0.1) is 18.3 Å². The van der Waals surface area contributed by atoms with Crippen LogP contribution in [-0.4, -0.2) is 56.0 Å². The van der Waals surface area contributed by atoms with Gasteiger partial charge in [0, 0.05) is 35.3 Å². The second-order valence-electron chi connectivity index (χ2n) is 11.0. The minimum Gasteiger partial charge on any atom is -0.477 e. The van der Waals surface area contributed by atoms with E-state index in [2.05, 4.69) is 30.0 Å². The van der Waals surface area contributed by atoms with Gasteiger partial charge in [-0.1, -0.05) is 22.4 Å². The molecule has 1 aliphatic carbocycles. The number of anilines is 1. The van der Waals surface area contributed by atoms with Gasteiger partial charge in [-0.3, -0.25) is 0 Å². The van der Waals surface area contributed by atoms with E-state index in [0.29, 0.717) is 41.4 Å². The van der Waals surface area contributed by atoms with Crippen molar-refractivity contribution < 1.29 is 41.5 Å². The highest BCUT2D eigenvalue weighted by atomic mass is 19.4. The van der Waals surface area contributed by atoms with Gasteiger partial charge in [0.2, 0.25) is 0 Å². The van der Waals surface area contributed by atoms with Crippen LogP contribution < -0.4 is 9.64 Å². The topological polar surface area (TPSA) is 137 Å². The maximum absolute atomic E-state index is 13.1. The molecule has 3 aromatic heterocycles. The molecule has 2 bridgehead atoms. The number of benzene rings is 1. The summed E-state index contributed by atoms with van der Waals surface area (Å²) in [5.74, 6) is -0.383. The largest absolute Gasteiger partial charge is 0.573 e. The summed E-state index contributed by atoms with van der Waals surface area (Å²) in [7, 11) is 0. The average molecular weight is 598 g/mol. The van der Waals surface area contributed by atoms with Crippen molar-refractivity contribution in [1.29, 1.82) is 0 Å². The molecule has 0 amide bonds. The fourth-order valence-corrected chi connectivity index (χ4v) is 6.08. The van der Waals surface area contributed by atoms with Crippen molar-refractivity contribution in [2.24, 2.45) is 0 Å². The maximum atomic E-state index is 13.1. The number of nitrogens with zero attached hydrogens (tertiary/aromatic N) is 5. The van der Waals surface area contributed by atoms with Gasteiger partial charge in [-0.05, 0) is 62.8 Å². The Hall–Kier alpha value is -4.46. The van der Waals surface area contributed by atoms with Crippen LogP contribution in [0.1, 0.15) is 66.3 Å². The van der Waals surface area contributed by atoms with Gasteiger partial charge in [-0.25, -0.2) is 9.78 Å². The molecule has 11 nitrogen and oxygen atoms in total. The number of aromatic carboxylic acids is 1. The van der Waals surface area contributed by atoms with Crippen molar-refractivity contribution in [1.82, 2.24) is 20.3 Å². The molecule has 7 rings (SSSR count). The predicted octanol–water partition coefficient (Wildman–Crippen LogP) is 5.98. The van der Waals surface area contributed by atoms with Crippen LogP contribution in [0.3, 0.4) is 0 Å². The summed E-state index contributed by atoms with van der Waals surface area (Å²) in [6.45, 7) is 0.152. The highest BCUT2D eigenvalue weighted by Crippen LogP contribution is 2.46. The second-order valence-corrected chi connectivity index (χ2v) is 11.0. The number of halogens is 3. The molecule has 0 unspecified atom stereocenters.